The van der Waals surface area contributed by atoms with Crippen molar-refractivity contribution in [3.8, 4) is 0 Å². The van der Waals surface area contributed by atoms with Crippen LogP contribution in [-0.2, 0) is 4.74 Å². The molecule has 0 bridgehead atoms. The molecule has 0 aliphatic carbocycles. The monoisotopic (exact) mass is 305 g/mol. The Morgan fingerprint density at radius 3 is 2.23 bits per heavy atom. The number of ether oxygens (including phenoxy) is 1. The topological polar surface area (TPSA) is 21.6 Å². The van der Waals surface area contributed by atoms with Gasteiger partial charge in [-0.2, -0.15) is 0 Å². The fourth-order valence-corrected chi connectivity index (χ4v) is 2.52. The lowest BCUT2D eigenvalue weighted by Gasteiger charge is -2.07. The summed E-state index contributed by atoms with van der Waals surface area (Å²) in [5.74, 6) is 0.966. The summed E-state index contributed by atoms with van der Waals surface area (Å²) in [6.07, 6.45) is 21.5. The first-order chi connectivity index (χ1) is 10.6. The number of allylic oxidation sites excluding steroid dienone is 4. The van der Waals surface area contributed by atoms with Crippen LogP contribution in [-0.4, -0.2) is 18.0 Å². The molecule has 0 aromatic carbocycles. The largest absolute Gasteiger partial charge is 0.478 e. The molecular formula is C20H35NO. The summed E-state index contributed by atoms with van der Waals surface area (Å²) in [6.45, 7) is 7.25. The summed E-state index contributed by atoms with van der Waals surface area (Å²) in [7, 11) is 0. The first-order valence-corrected chi connectivity index (χ1v) is 9.15. The van der Waals surface area contributed by atoms with Gasteiger partial charge in [0.15, 0.2) is 5.90 Å². The Hall–Kier alpha value is -1.05. The van der Waals surface area contributed by atoms with Gasteiger partial charge in [0.05, 0.1) is 5.54 Å². The number of unbranched alkanes of at least 4 members (excludes halogenated alkanes) is 6. The van der Waals surface area contributed by atoms with Crippen LogP contribution in [0.15, 0.2) is 29.3 Å². The van der Waals surface area contributed by atoms with E-state index in [1.165, 1.54) is 51.4 Å². The molecule has 22 heavy (non-hydrogen) atoms. The second-order valence-electron chi connectivity index (χ2n) is 6.88. The summed E-state index contributed by atoms with van der Waals surface area (Å²) in [6, 6.07) is 0. The van der Waals surface area contributed by atoms with E-state index in [0.717, 1.165) is 25.3 Å². The van der Waals surface area contributed by atoms with E-state index < -0.39 is 0 Å². The van der Waals surface area contributed by atoms with Crippen molar-refractivity contribution in [3.05, 3.63) is 24.3 Å². The van der Waals surface area contributed by atoms with E-state index in [-0.39, 0.29) is 5.54 Å². The van der Waals surface area contributed by atoms with Gasteiger partial charge in [-0.25, -0.2) is 4.99 Å². The van der Waals surface area contributed by atoms with Gasteiger partial charge in [-0.05, 0) is 52.4 Å². The molecule has 1 aliphatic heterocycles. The molecule has 126 valence electrons. The van der Waals surface area contributed by atoms with Crippen LogP contribution in [0.4, 0.5) is 0 Å². The summed E-state index contributed by atoms with van der Waals surface area (Å²) in [4.78, 5) is 4.59. The highest BCUT2D eigenvalue weighted by molar-refractivity contribution is 5.78. The highest BCUT2D eigenvalue weighted by Gasteiger charge is 2.25. The summed E-state index contributed by atoms with van der Waals surface area (Å²) in [5, 5.41) is 0. The van der Waals surface area contributed by atoms with Crippen molar-refractivity contribution in [2.24, 2.45) is 4.99 Å². The Labute approximate surface area is 137 Å². The molecule has 0 amide bonds. The van der Waals surface area contributed by atoms with Gasteiger partial charge < -0.3 is 4.74 Å². The Kier molecular flexibility index (Phi) is 9.94. The molecular weight excluding hydrogens is 270 g/mol. The molecule has 0 spiro atoms. The number of nitrogens with zero attached hydrogens (tertiary/aromatic N) is 1. The molecule has 1 aliphatic rings. The zero-order valence-corrected chi connectivity index (χ0v) is 14.9. The van der Waals surface area contributed by atoms with Crippen molar-refractivity contribution in [1.29, 1.82) is 0 Å². The van der Waals surface area contributed by atoms with Gasteiger partial charge in [-0.15, -0.1) is 0 Å². The first-order valence-electron chi connectivity index (χ1n) is 9.15. The zero-order valence-electron chi connectivity index (χ0n) is 14.9. The lowest BCUT2D eigenvalue weighted by atomic mass is 10.1. The number of hydrogen-bond donors (Lipinski definition) is 0. The van der Waals surface area contributed by atoms with Crippen molar-refractivity contribution >= 4 is 5.90 Å². The third kappa shape index (κ3) is 9.81. The van der Waals surface area contributed by atoms with E-state index in [4.69, 9.17) is 4.74 Å². The van der Waals surface area contributed by atoms with Crippen molar-refractivity contribution < 1.29 is 4.74 Å². The van der Waals surface area contributed by atoms with Crippen LogP contribution in [0.5, 0.6) is 0 Å². The minimum atomic E-state index is 0.00211. The van der Waals surface area contributed by atoms with Crippen LogP contribution >= 0.6 is 0 Å². The fraction of sp³-hybridized carbons (Fsp3) is 0.750. The van der Waals surface area contributed by atoms with E-state index in [0.29, 0.717) is 0 Å². The molecule has 1 rings (SSSR count). The molecule has 0 aromatic rings. The molecule has 0 unspecified atom stereocenters. The van der Waals surface area contributed by atoms with Gasteiger partial charge in [0.25, 0.3) is 0 Å². The van der Waals surface area contributed by atoms with Gasteiger partial charge >= 0.3 is 0 Å². The Balaban J connectivity index is 1.90. The smallest absolute Gasteiger partial charge is 0.183 e. The highest BCUT2D eigenvalue weighted by Crippen LogP contribution is 2.19. The molecule has 0 atom stereocenters. The third-order valence-corrected chi connectivity index (χ3v) is 3.86. The van der Waals surface area contributed by atoms with E-state index in [2.05, 4.69) is 50.1 Å². The molecule has 2 heteroatoms. The predicted octanol–water partition coefficient (Wildman–Crippen LogP) is 6.23. The minimum Gasteiger partial charge on any atom is -0.478 e. The first kappa shape index (κ1) is 19.0. The molecule has 0 radical (unpaired) electrons. The van der Waals surface area contributed by atoms with E-state index in [9.17, 15) is 0 Å². The maximum atomic E-state index is 5.60. The normalized spacial score (nSPS) is 17.3. The fourth-order valence-electron chi connectivity index (χ4n) is 2.52. The Morgan fingerprint density at radius 1 is 0.955 bits per heavy atom. The molecule has 0 saturated carbocycles. The molecule has 0 aromatic heterocycles. The van der Waals surface area contributed by atoms with Crippen LogP contribution in [0.3, 0.4) is 0 Å². The average molecular weight is 306 g/mol. The van der Waals surface area contributed by atoms with Gasteiger partial charge in [-0.1, -0.05) is 50.5 Å². The van der Waals surface area contributed by atoms with E-state index in [1.54, 1.807) is 0 Å². The van der Waals surface area contributed by atoms with Crippen molar-refractivity contribution in [1.82, 2.24) is 0 Å². The van der Waals surface area contributed by atoms with Gasteiger partial charge in [0, 0.05) is 6.42 Å². The summed E-state index contributed by atoms with van der Waals surface area (Å²) in [5.41, 5.74) is 0.00211. The number of hydrogen-bond acceptors (Lipinski definition) is 2. The van der Waals surface area contributed by atoms with Crippen molar-refractivity contribution in [2.75, 3.05) is 6.61 Å². The second kappa shape index (κ2) is 11.5. The minimum absolute atomic E-state index is 0.00211. The van der Waals surface area contributed by atoms with Crippen LogP contribution in [0.2, 0.25) is 0 Å². The second-order valence-corrected chi connectivity index (χ2v) is 6.88. The van der Waals surface area contributed by atoms with Crippen molar-refractivity contribution in [3.63, 3.8) is 0 Å². The molecule has 1 heterocycles. The van der Waals surface area contributed by atoms with Gasteiger partial charge in [0.1, 0.15) is 6.61 Å². The maximum absolute atomic E-state index is 5.60. The van der Waals surface area contributed by atoms with E-state index >= 15 is 0 Å². The Bertz CT molecular complexity index is 366. The van der Waals surface area contributed by atoms with Crippen LogP contribution in [0.25, 0.3) is 0 Å². The van der Waals surface area contributed by atoms with E-state index in [1.807, 2.05) is 0 Å². The quantitative estimate of drug-likeness (QED) is 0.309. The number of aliphatic imine (C=N–C) groups is 1. The van der Waals surface area contributed by atoms with Crippen LogP contribution in [0, 0.1) is 0 Å². The molecule has 0 N–H and O–H groups in total. The lowest BCUT2D eigenvalue weighted by Crippen LogP contribution is -2.17. The summed E-state index contributed by atoms with van der Waals surface area (Å²) < 4.78 is 5.60. The molecule has 0 fully saturated rings. The summed E-state index contributed by atoms with van der Waals surface area (Å²) >= 11 is 0. The predicted molar refractivity (Wildman–Crippen MR) is 97.6 cm³/mol. The van der Waals surface area contributed by atoms with Gasteiger partial charge in [0.2, 0.25) is 0 Å². The third-order valence-electron chi connectivity index (χ3n) is 3.86. The average Bonchev–Trinajstić information content (AvgIpc) is 2.83. The molecule has 2 nitrogen and oxygen atoms in total. The lowest BCUT2D eigenvalue weighted by molar-refractivity contribution is 0.273. The van der Waals surface area contributed by atoms with Crippen LogP contribution in [0.1, 0.15) is 85.0 Å². The van der Waals surface area contributed by atoms with Crippen molar-refractivity contribution in [2.45, 2.75) is 90.5 Å². The SMILES string of the molecule is CCCCC/C=C\C/C=C\CCCCCC1=NC(C)(C)CO1. The van der Waals surface area contributed by atoms with Crippen LogP contribution < -0.4 is 0 Å². The zero-order chi connectivity index (χ0) is 16.1. The maximum Gasteiger partial charge on any atom is 0.183 e. The highest BCUT2D eigenvalue weighted by atomic mass is 16.5. The number of rotatable bonds is 12. The van der Waals surface area contributed by atoms with Gasteiger partial charge in [-0.3, -0.25) is 0 Å². The molecule has 0 saturated heterocycles. The Morgan fingerprint density at radius 2 is 1.64 bits per heavy atom. The standard InChI is InChI=1S/C20H35NO/c1-4-5-6-7-8-9-10-11-12-13-14-15-16-17-19-21-20(2,3)18-22-19/h8-9,11-12H,4-7,10,13-18H2,1-3H3/b9-8-,12-11-.